The number of carbonyl (C=O) groups is 1. The van der Waals surface area contributed by atoms with Gasteiger partial charge in [0.05, 0.1) is 0 Å². The maximum absolute atomic E-state index is 12.5. The van der Waals surface area contributed by atoms with Crippen LogP contribution in [0.25, 0.3) is 6.08 Å². The molecule has 2 heterocycles. The molecule has 3 rings (SSSR count). The highest BCUT2D eigenvalue weighted by Crippen LogP contribution is 2.21. The van der Waals surface area contributed by atoms with Crippen molar-refractivity contribution in [2.75, 3.05) is 26.2 Å². The number of hydrogen-bond acceptors (Lipinski definition) is 2. The molecule has 1 aromatic carbocycles. The Bertz CT molecular complexity index is 552. The molecule has 4 heteroatoms. The highest BCUT2D eigenvalue weighted by molar-refractivity contribution is 9.10. The van der Waals surface area contributed by atoms with Crippen molar-refractivity contribution < 1.29 is 4.79 Å². The number of amides is 1. The summed E-state index contributed by atoms with van der Waals surface area (Å²) in [6.45, 7) is 4.36. The quantitative estimate of drug-likeness (QED) is 0.764. The second-order valence-corrected chi connectivity index (χ2v) is 7.14. The molecule has 2 saturated heterocycles. The molecule has 1 aromatic rings. The van der Waals surface area contributed by atoms with E-state index in [1.54, 1.807) is 6.08 Å². The fraction of sp³-hybridized carbons (Fsp3) is 0.500. The van der Waals surface area contributed by atoms with E-state index in [4.69, 9.17) is 0 Å². The summed E-state index contributed by atoms with van der Waals surface area (Å²) >= 11 is 3.46. The molecule has 0 aromatic heterocycles. The van der Waals surface area contributed by atoms with E-state index in [-0.39, 0.29) is 5.91 Å². The molecular weight excluding hydrogens is 340 g/mol. The van der Waals surface area contributed by atoms with E-state index in [9.17, 15) is 4.79 Å². The average molecular weight is 363 g/mol. The molecule has 3 nitrogen and oxygen atoms in total. The van der Waals surface area contributed by atoms with Gasteiger partial charge in [-0.25, -0.2) is 0 Å². The van der Waals surface area contributed by atoms with E-state index in [1.807, 2.05) is 30.3 Å². The molecule has 0 radical (unpaired) electrons. The van der Waals surface area contributed by atoms with Crippen LogP contribution in [-0.4, -0.2) is 47.9 Å². The topological polar surface area (TPSA) is 23.6 Å². The van der Waals surface area contributed by atoms with Crippen molar-refractivity contribution in [3.05, 3.63) is 40.4 Å². The van der Waals surface area contributed by atoms with E-state index in [2.05, 4.69) is 25.7 Å². The van der Waals surface area contributed by atoms with Crippen LogP contribution in [-0.2, 0) is 4.79 Å². The Morgan fingerprint density at radius 1 is 1.23 bits per heavy atom. The standard InChI is InChI=1S/C18H23BrN2O/c19-16-6-3-5-15(13-16)8-9-18(22)21-12-4-7-17(21)14-20-10-1-2-11-20/h3,5-6,8-9,13,17H,1-2,4,7,10-12,14H2/b9-8+/t17-/m0/s1. The van der Waals surface area contributed by atoms with Crippen LogP contribution < -0.4 is 0 Å². The summed E-state index contributed by atoms with van der Waals surface area (Å²) in [6.07, 6.45) is 8.54. The van der Waals surface area contributed by atoms with Crippen molar-refractivity contribution >= 4 is 27.9 Å². The Labute approximate surface area is 141 Å². The molecule has 0 aliphatic carbocycles. The zero-order valence-corrected chi connectivity index (χ0v) is 14.5. The summed E-state index contributed by atoms with van der Waals surface area (Å²) in [4.78, 5) is 17.1. The molecule has 2 fully saturated rings. The van der Waals surface area contributed by atoms with Gasteiger partial charge in [0, 0.05) is 29.7 Å². The first-order valence-corrected chi connectivity index (χ1v) is 8.98. The molecule has 118 valence electrons. The summed E-state index contributed by atoms with van der Waals surface area (Å²) in [5.74, 6) is 0.154. The Balaban J connectivity index is 1.60. The Kier molecular flexibility index (Phi) is 5.32. The van der Waals surface area contributed by atoms with Crippen molar-refractivity contribution in [1.29, 1.82) is 0 Å². The first kappa shape index (κ1) is 15.8. The number of rotatable bonds is 4. The normalized spacial score (nSPS) is 22.8. The van der Waals surface area contributed by atoms with Crippen LogP contribution in [0.3, 0.4) is 0 Å². The van der Waals surface area contributed by atoms with Crippen LogP contribution in [0.1, 0.15) is 31.2 Å². The highest BCUT2D eigenvalue weighted by atomic mass is 79.9. The largest absolute Gasteiger partial charge is 0.335 e. The van der Waals surface area contributed by atoms with Crippen LogP contribution in [0, 0.1) is 0 Å². The van der Waals surface area contributed by atoms with Gasteiger partial charge in [0.15, 0.2) is 0 Å². The van der Waals surface area contributed by atoms with Gasteiger partial charge in [0.2, 0.25) is 5.91 Å². The molecule has 0 N–H and O–H groups in total. The molecule has 0 spiro atoms. The zero-order valence-electron chi connectivity index (χ0n) is 12.9. The number of nitrogens with zero attached hydrogens (tertiary/aromatic N) is 2. The molecular formula is C18H23BrN2O. The third-order valence-electron chi connectivity index (χ3n) is 4.59. The molecule has 22 heavy (non-hydrogen) atoms. The molecule has 1 amide bonds. The summed E-state index contributed by atoms with van der Waals surface area (Å²) in [7, 11) is 0. The maximum atomic E-state index is 12.5. The summed E-state index contributed by atoms with van der Waals surface area (Å²) < 4.78 is 1.04. The van der Waals surface area contributed by atoms with E-state index in [0.717, 1.165) is 36.0 Å². The minimum Gasteiger partial charge on any atom is -0.335 e. The SMILES string of the molecule is O=C(/C=C/c1cccc(Br)c1)N1CCC[C@H]1CN1CCCC1. The molecule has 2 aliphatic rings. The monoisotopic (exact) mass is 362 g/mol. The lowest BCUT2D eigenvalue weighted by Gasteiger charge is -2.27. The van der Waals surface area contributed by atoms with Crippen LogP contribution in [0.15, 0.2) is 34.8 Å². The smallest absolute Gasteiger partial charge is 0.246 e. The first-order valence-electron chi connectivity index (χ1n) is 8.19. The van der Waals surface area contributed by atoms with E-state index >= 15 is 0 Å². The van der Waals surface area contributed by atoms with Gasteiger partial charge in [-0.2, -0.15) is 0 Å². The minimum absolute atomic E-state index is 0.154. The molecule has 0 bridgehead atoms. The third kappa shape index (κ3) is 3.99. The van der Waals surface area contributed by atoms with E-state index in [1.165, 1.54) is 25.9 Å². The molecule has 0 unspecified atom stereocenters. The van der Waals surface area contributed by atoms with E-state index < -0.39 is 0 Å². The number of halogens is 1. The van der Waals surface area contributed by atoms with Gasteiger partial charge in [-0.15, -0.1) is 0 Å². The van der Waals surface area contributed by atoms with E-state index in [0.29, 0.717) is 6.04 Å². The lowest BCUT2D eigenvalue weighted by molar-refractivity contribution is -0.127. The lowest BCUT2D eigenvalue weighted by atomic mass is 10.2. The first-order chi connectivity index (χ1) is 10.7. The fourth-order valence-corrected chi connectivity index (χ4v) is 3.87. The number of hydrogen-bond donors (Lipinski definition) is 0. The van der Waals surface area contributed by atoms with Crippen molar-refractivity contribution in [2.24, 2.45) is 0 Å². The van der Waals surface area contributed by atoms with Crippen molar-refractivity contribution in [3.8, 4) is 0 Å². The molecule has 0 saturated carbocycles. The van der Waals surface area contributed by atoms with Crippen LogP contribution in [0.2, 0.25) is 0 Å². The number of carbonyl (C=O) groups excluding carboxylic acids is 1. The fourth-order valence-electron chi connectivity index (χ4n) is 3.45. The van der Waals surface area contributed by atoms with Crippen molar-refractivity contribution in [2.45, 2.75) is 31.7 Å². The van der Waals surface area contributed by atoms with Gasteiger partial charge >= 0.3 is 0 Å². The van der Waals surface area contributed by atoms with Crippen molar-refractivity contribution in [3.63, 3.8) is 0 Å². The number of likely N-dealkylation sites (tertiary alicyclic amines) is 2. The van der Waals surface area contributed by atoms with Gasteiger partial charge < -0.3 is 9.80 Å². The third-order valence-corrected chi connectivity index (χ3v) is 5.09. The Morgan fingerprint density at radius 2 is 2.05 bits per heavy atom. The summed E-state index contributed by atoms with van der Waals surface area (Å²) in [5, 5.41) is 0. The predicted molar refractivity (Wildman–Crippen MR) is 93.6 cm³/mol. The van der Waals surface area contributed by atoms with Gasteiger partial charge in [0.25, 0.3) is 0 Å². The van der Waals surface area contributed by atoms with Gasteiger partial charge in [-0.1, -0.05) is 28.1 Å². The lowest BCUT2D eigenvalue weighted by Crippen LogP contribution is -2.41. The predicted octanol–water partition coefficient (Wildman–Crippen LogP) is 3.55. The Morgan fingerprint density at radius 3 is 2.82 bits per heavy atom. The van der Waals surface area contributed by atoms with Gasteiger partial charge in [-0.05, 0) is 62.5 Å². The summed E-state index contributed by atoms with van der Waals surface area (Å²) in [6, 6.07) is 8.42. The van der Waals surface area contributed by atoms with Crippen LogP contribution >= 0.6 is 15.9 Å². The molecule has 1 atom stereocenters. The van der Waals surface area contributed by atoms with Crippen molar-refractivity contribution in [1.82, 2.24) is 9.80 Å². The molecule has 2 aliphatic heterocycles. The maximum Gasteiger partial charge on any atom is 0.246 e. The van der Waals surface area contributed by atoms with Gasteiger partial charge in [0.1, 0.15) is 0 Å². The van der Waals surface area contributed by atoms with Crippen LogP contribution in [0.4, 0.5) is 0 Å². The Hall–Kier alpha value is -1.13. The number of benzene rings is 1. The second-order valence-electron chi connectivity index (χ2n) is 6.22. The average Bonchev–Trinajstić information content (AvgIpc) is 3.17. The second kappa shape index (κ2) is 7.42. The zero-order chi connectivity index (χ0) is 15.4. The highest BCUT2D eigenvalue weighted by Gasteiger charge is 2.29. The summed E-state index contributed by atoms with van der Waals surface area (Å²) in [5.41, 5.74) is 1.05. The van der Waals surface area contributed by atoms with Gasteiger partial charge in [-0.3, -0.25) is 4.79 Å². The minimum atomic E-state index is 0.154. The van der Waals surface area contributed by atoms with Crippen LogP contribution in [0.5, 0.6) is 0 Å².